The van der Waals surface area contributed by atoms with Gasteiger partial charge in [0.2, 0.25) is 0 Å². The minimum atomic E-state index is -0.383. The molecule has 1 amide bonds. The van der Waals surface area contributed by atoms with E-state index in [0.717, 1.165) is 24.4 Å². The number of ether oxygens (including phenoxy) is 1. The summed E-state index contributed by atoms with van der Waals surface area (Å²) in [6.07, 6.45) is 2.35. The number of hydrogen-bond acceptors (Lipinski definition) is 4. The van der Waals surface area contributed by atoms with E-state index < -0.39 is 0 Å². The molecule has 4 rings (SSSR count). The van der Waals surface area contributed by atoms with Gasteiger partial charge < -0.3 is 19.4 Å². The van der Waals surface area contributed by atoms with E-state index in [-0.39, 0.29) is 23.1 Å². The standard InChI is InChI=1S/C23H24N2O4/c1-28-20-10-4-2-8-16(20)18(25-12-6-7-13-25)15-24-23(27)22-14-19(26)17-9-3-5-11-21(17)29-22/h2-5,8-11,14,18H,6-7,12-13,15H2,1H3,(H,24,27)/p+1/t18-/m1/s1. The van der Waals surface area contributed by atoms with Crippen LogP contribution in [0.4, 0.5) is 0 Å². The molecular weight excluding hydrogens is 368 g/mol. The van der Waals surface area contributed by atoms with Gasteiger partial charge >= 0.3 is 0 Å². The van der Waals surface area contributed by atoms with Gasteiger partial charge in [-0.15, -0.1) is 0 Å². The van der Waals surface area contributed by atoms with Gasteiger partial charge in [0.15, 0.2) is 11.2 Å². The lowest BCUT2D eigenvalue weighted by Gasteiger charge is -2.26. The predicted octanol–water partition coefficient (Wildman–Crippen LogP) is 1.95. The molecule has 1 aromatic heterocycles. The van der Waals surface area contributed by atoms with Crippen molar-refractivity contribution in [1.29, 1.82) is 0 Å². The quantitative estimate of drug-likeness (QED) is 0.672. The average Bonchev–Trinajstić information content (AvgIpc) is 3.28. The Bertz CT molecular complexity index is 1070. The van der Waals surface area contributed by atoms with Crippen molar-refractivity contribution >= 4 is 16.9 Å². The Hall–Kier alpha value is -3.12. The van der Waals surface area contributed by atoms with Crippen LogP contribution >= 0.6 is 0 Å². The van der Waals surface area contributed by atoms with Crippen LogP contribution in [0, 0.1) is 0 Å². The first-order valence-corrected chi connectivity index (χ1v) is 9.96. The molecule has 3 aromatic rings. The average molecular weight is 393 g/mol. The van der Waals surface area contributed by atoms with Gasteiger partial charge in [0, 0.05) is 18.9 Å². The number of fused-ring (bicyclic) bond motifs is 1. The number of benzene rings is 2. The number of carbonyl (C=O) groups is 1. The third-order valence-electron chi connectivity index (χ3n) is 5.58. The summed E-state index contributed by atoms with van der Waals surface area (Å²) < 4.78 is 11.2. The van der Waals surface area contributed by atoms with Crippen LogP contribution in [-0.4, -0.2) is 32.7 Å². The SMILES string of the molecule is COc1ccccc1[C@@H](CNC(=O)c1cc(=O)c2ccccc2o1)[NH+]1CCCC1. The lowest BCUT2D eigenvalue weighted by Crippen LogP contribution is -3.11. The molecule has 2 N–H and O–H groups in total. The van der Waals surface area contributed by atoms with Gasteiger partial charge in [-0.1, -0.05) is 24.3 Å². The number of methoxy groups -OCH3 is 1. The Balaban J connectivity index is 1.57. The number of rotatable bonds is 6. The minimum Gasteiger partial charge on any atom is -0.496 e. The number of carbonyl (C=O) groups excluding carboxylic acids is 1. The topological polar surface area (TPSA) is 73.0 Å². The fourth-order valence-electron chi connectivity index (χ4n) is 4.10. The number of quaternary nitrogens is 1. The second-order valence-corrected chi connectivity index (χ2v) is 7.34. The number of nitrogens with one attached hydrogen (secondary N) is 2. The zero-order valence-corrected chi connectivity index (χ0v) is 16.4. The Morgan fingerprint density at radius 2 is 1.86 bits per heavy atom. The van der Waals surface area contributed by atoms with E-state index in [1.165, 1.54) is 23.8 Å². The molecule has 1 aliphatic rings. The number of amides is 1. The maximum Gasteiger partial charge on any atom is 0.287 e. The van der Waals surface area contributed by atoms with Gasteiger partial charge in [-0.2, -0.15) is 0 Å². The van der Waals surface area contributed by atoms with Crippen molar-refractivity contribution in [1.82, 2.24) is 5.32 Å². The molecule has 1 saturated heterocycles. The van der Waals surface area contributed by atoms with Crippen molar-refractivity contribution in [2.24, 2.45) is 0 Å². The monoisotopic (exact) mass is 393 g/mol. The molecule has 1 fully saturated rings. The molecule has 0 unspecified atom stereocenters. The van der Waals surface area contributed by atoms with Crippen molar-refractivity contribution in [2.75, 3.05) is 26.7 Å². The summed E-state index contributed by atoms with van der Waals surface area (Å²) in [6, 6.07) is 16.2. The van der Waals surface area contributed by atoms with Crippen LogP contribution in [0.3, 0.4) is 0 Å². The molecule has 2 aromatic carbocycles. The first kappa shape index (κ1) is 19.2. The van der Waals surface area contributed by atoms with Gasteiger partial charge in [-0.05, 0) is 24.3 Å². The third kappa shape index (κ3) is 4.03. The fraction of sp³-hybridized carbons (Fsp3) is 0.304. The molecule has 29 heavy (non-hydrogen) atoms. The first-order valence-electron chi connectivity index (χ1n) is 9.96. The van der Waals surface area contributed by atoms with E-state index in [0.29, 0.717) is 17.5 Å². The zero-order chi connectivity index (χ0) is 20.2. The highest BCUT2D eigenvalue weighted by molar-refractivity contribution is 5.93. The zero-order valence-electron chi connectivity index (χ0n) is 16.4. The van der Waals surface area contributed by atoms with E-state index in [2.05, 4.69) is 11.4 Å². The molecule has 6 nitrogen and oxygen atoms in total. The largest absolute Gasteiger partial charge is 0.496 e. The molecular formula is C23H25N2O4+. The molecule has 1 aliphatic heterocycles. The first-order chi connectivity index (χ1) is 14.2. The van der Waals surface area contributed by atoms with Crippen LogP contribution in [0.5, 0.6) is 5.75 Å². The Morgan fingerprint density at radius 3 is 2.66 bits per heavy atom. The highest BCUT2D eigenvalue weighted by Gasteiger charge is 2.30. The molecule has 0 spiro atoms. The summed E-state index contributed by atoms with van der Waals surface area (Å²) in [6.45, 7) is 2.55. The normalized spacial score (nSPS) is 15.3. The summed E-state index contributed by atoms with van der Waals surface area (Å²) in [4.78, 5) is 26.5. The van der Waals surface area contributed by atoms with E-state index in [1.54, 1.807) is 31.4 Å². The smallest absolute Gasteiger partial charge is 0.287 e. The maximum absolute atomic E-state index is 12.8. The molecule has 6 heteroatoms. The second kappa shape index (κ2) is 8.49. The van der Waals surface area contributed by atoms with Crippen molar-refractivity contribution in [3.8, 4) is 5.75 Å². The Morgan fingerprint density at radius 1 is 1.14 bits per heavy atom. The summed E-state index contributed by atoms with van der Waals surface area (Å²) in [5.74, 6) is 0.471. The lowest BCUT2D eigenvalue weighted by molar-refractivity contribution is -0.918. The van der Waals surface area contributed by atoms with Crippen LogP contribution in [-0.2, 0) is 0 Å². The summed E-state index contributed by atoms with van der Waals surface area (Å²) in [7, 11) is 1.66. The van der Waals surface area contributed by atoms with Crippen molar-refractivity contribution in [3.63, 3.8) is 0 Å². The van der Waals surface area contributed by atoms with Crippen LogP contribution < -0.4 is 20.4 Å². The summed E-state index contributed by atoms with van der Waals surface area (Å²) in [5.41, 5.74) is 1.27. The number of hydrogen-bond donors (Lipinski definition) is 2. The van der Waals surface area contributed by atoms with E-state index in [9.17, 15) is 9.59 Å². The molecule has 0 aliphatic carbocycles. The maximum atomic E-state index is 12.8. The van der Waals surface area contributed by atoms with Crippen LogP contribution in [0.15, 0.2) is 63.8 Å². The molecule has 0 radical (unpaired) electrons. The molecule has 150 valence electrons. The van der Waals surface area contributed by atoms with E-state index in [1.807, 2.05) is 18.2 Å². The lowest BCUT2D eigenvalue weighted by atomic mass is 10.0. The Labute approximate surface area is 169 Å². The minimum absolute atomic E-state index is 0.0314. The third-order valence-corrected chi connectivity index (χ3v) is 5.58. The van der Waals surface area contributed by atoms with Crippen molar-refractivity contribution in [2.45, 2.75) is 18.9 Å². The highest BCUT2D eigenvalue weighted by Crippen LogP contribution is 2.23. The van der Waals surface area contributed by atoms with Crippen LogP contribution in [0.25, 0.3) is 11.0 Å². The number of likely N-dealkylation sites (tertiary alicyclic amines) is 1. The van der Waals surface area contributed by atoms with E-state index >= 15 is 0 Å². The summed E-state index contributed by atoms with van der Waals surface area (Å²) >= 11 is 0. The molecule has 0 saturated carbocycles. The number of para-hydroxylation sites is 2. The van der Waals surface area contributed by atoms with Crippen LogP contribution in [0.1, 0.15) is 35.0 Å². The molecule has 2 heterocycles. The van der Waals surface area contributed by atoms with Gasteiger partial charge in [-0.25, -0.2) is 0 Å². The van der Waals surface area contributed by atoms with Gasteiger partial charge in [-0.3, -0.25) is 9.59 Å². The van der Waals surface area contributed by atoms with Gasteiger partial charge in [0.05, 0.1) is 37.7 Å². The van der Waals surface area contributed by atoms with Crippen molar-refractivity contribution in [3.05, 3.63) is 76.1 Å². The predicted molar refractivity (Wildman–Crippen MR) is 110 cm³/mol. The van der Waals surface area contributed by atoms with E-state index in [4.69, 9.17) is 9.15 Å². The fourth-order valence-corrected chi connectivity index (χ4v) is 4.10. The van der Waals surface area contributed by atoms with Gasteiger partial charge in [0.1, 0.15) is 17.4 Å². The van der Waals surface area contributed by atoms with Gasteiger partial charge in [0.25, 0.3) is 5.91 Å². The Kier molecular flexibility index (Phi) is 5.62. The molecule has 1 atom stereocenters. The highest BCUT2D eigenvalue weighted by atomic mass is 16.5. The second-order valence-electron chi connectivity index (χ2n) is 7.34. The summed E-state index contributed by atoms with van der Waals surface area (Å²) in [5, 5.41) is 3.44. The van der Waals surface area contributed by atoms with Crippen molar-refractivity contribution < 1.29 is 18.8 Å². The molecule has 0 bridgehead atoms. The van der Waals surface area contributed by atoms with Crippen LogP contribution in [0.2, 0.25) is 0 Å².